The van der Waals surface area contributed by atoms with Crippen LogP contribution in [0.1, 0.15) is 25.1 Å². The van der Waals surface area contributed by atoms with Crippen molar-refractivity contribution in [2.75, 3.05) is 13.1 Å². The van der Waals surface area contributed by atoms with Crippen molar-refractivity contribution in [1.82, 2.24) is 14.5 Å². The Morgan fingerprint density at radius 2 is 1.81 bits per heavy atom. The van der Waals surface area contributed by atoms with Crippen molar-refractivity contribution in [2.45, 2.75) is 13.8 Å². The predicted octanol–water partition coefficient (Wildman–Crippen LogP) is 4.00. The number of ether oxygens (including phenoxy) is 1. The van der Waals surface area contributed by atoms with Gasteiger partial charge in [0.05, 0.1) is 5.69 Å². The maximum absolute atomic E-state index is 13.5. The summed E-state index contributed by atoms with van der Waals surface area (Å²) in [6, 6.07) is 17.3. The Morgan fingerprint density at radius 1 is 1.04 bits per heavy atom. The Bertz CT molecular complexity index is 1000. The van der Waals surface area contributed by atoms with Crippen LogP contribution in [0.5, 0.6) is 5.75 Å². The molecular formula is C22H21N3O2. The first-order valence-corrected chi connectivity index (χ1v) is 9.14. The molecule has 0 unspecified atom stereocenters. The van der Waals surface area contributed by atoms with Gasteiger partial charge < -0.3 is 9.64 Å². The van der Waals surface area contributed by atoms with Gasteiger partial charge in [0.25, 0.3) is 5.91 Å². The number of amides is 1. The molecule has 1 amide bonds. The minimum Gasteiger partial charge on any atom is -0.452 e. The molecule has 0 saturated heterocycles. The summed E-state index contributed by atoms with van der Waals surface area (Å²) in [6.07, 6.45) is 3.64. The van der Waals surface area contributed by atoms with E-state index in [1.807, 2.05) is 84.1 Å². The number of rotatable bonds is 4. The highest BCUT2D eigenvalue weighted by atomic mass is 16.5. The highest BCUT2D eigenvalue weighted by Gasteiger charge is 2.30. The molecule has 1 aromatic carbocycles. The molecule has 0 aliphatic carbocycles. The lowest BCUT2D eigenvalue weighted by atomic mass is 10.0. The molecule has 27 heavy (non-hydrogen) atoms. The van der Waals surface area contributed by atoms with Crippen LogP contribution in [-0.4, -0.2) is 33.4 Å². The largest absolute Gasteiger partial charge is 0.452 e. The Hall–Kier alpha value is -3.34. The molecule has 1 aliphatic heterocycles. The van der Waals surface area contributed by atoms with Crippen LogP contribution in [0.15, 0.2) is 67.0 Å². The number of nitrogens with zero attached hydrogens (tertiary/aromatic N) is 3. The minimum atomic E-state index is -0.0494. The van der Waals surface area contributed by atoms with Crippen molar-refractivity contribution in [3.05, 3.63) is 78.2 Å². The van der Waals surface area contributed by atoms with Crippen LogP contribution in [0.3, 0.4) is 0 Å². The standard InChI is InChI=1S/C22H21N3O2/c1-3-24(4-2)22(26)19-17-12-9-15-25(17)21-18(13-8-14-23-21)27-20(19)16-10-6-5-7-11-16/h5-15H,3-4H2,1-2H3. The summed E-state index contributed by atoms with van der Waals surface area (Å²) in [4.78, 5) is 19.8. The molecule has 0 N–H and O–H groups in total. The fraction of sp³-hybridized carbons (Fsp3) is 0.182. The number of carbonyl (C=O) groups excluding carboxylic acids is 1. The Balaban J connectivity index is 2.02. The minimum absolute atomic E-state index is 0.0494. The fourth-order valence-electron chi connectivity index (χ4n) is 3.36. The van der Waals surface area contributed by atoms with E-state index in [9.17, 15) is 4.79 Å². The average Bonchev–Trinajstić information content (AvgIpc) is 3.13. The molecule has 3 heterocycles. The van der Waals surface area contributed by atoms with Gasteiger partial charge in [-0.05, 0) is 38.1 Å². The molecule has 0 saturated carbocycles. The molecule has 0 bridgehead atoms. The van der Waals surface area contributed by atoms with E-state index in [1.54, 1.807) is 6.20 Å². The first kappa shape index (κ1) is 17.1. The predicted molar refractivity (Wildman–Crippen MR) is 105 cm³/mol. The fourth-order valence-corrected chi connectivity index (χ4v) is 3.36. The number of hydrogen-bond acceptors (Lipinski definition) is 3. The van der Waals surface area contributed by atoms with E-state index in [1.165, 1.54) is 0 Å². The molecule has 2 aromatic heterocycles. The first-order valence-electron chi connectivity index (χ1n) is 9.14. The van der Waals surface area contributed by atoms with Crippen LogP contribution >= 0.6 is 0 Å². The SMILES string of the molecule is CCN(CC)C(=O)C1=C(c2ccccc2)Oc2cccnc2-n2cccc21. The van der Waals surface area contributed by atoms with E-state index in [-0.39, 0.29) is 5.91 Å². The lowest BCUT2D eigenvalue weighted by molar-refractivity contribution is -0.124. The van der Waals surface area contributed by atoms with Crippen molar-refractivity contribution < 1.29 is 9.53 Å². The van der Waals surface area contributed by atoms with Crippen molar-refractivity contribution >= 4 is 17.2 Å². The molecule has 5 nitrogen and oxygen atoms in total. The van der Waals surface area contributed by atoms with Crippen LogP contribution in [0.25, 0.3) is 17.2 Å². The topological polar surface area (TPSA) is 47.4 Å². The quantitative estimate of drug-likeness (QED) is 0.707. The van der Waals surface area contributed by atoms with Gasteiger partial charge in [-0.2, -0.15) is 0 Å². The Labute approximate surface area is 158 Å². The van der Waals surface area contributed by atoms with E-state index < -0.39 is 0 Å². The zero-order valence-electron chi connectivity index (χ0n) is 15.4. The lowest BCUT2D eigenvalue weighted by Gasteiger charge is -2.22. The molecule has 0 radical (unpaired) electrons. The van der Waals surface area contributed by atoms with Gasteiger partial charge in [-0.25, -0.2) is 4.98 Å². The van der Waals surface area contributed by atoms with E-state index in [2.05, 4.69) is 4.98 Å². The molecule has 0 atom stereocenters. The van der Waals surface area contributed by atoms with E-state index in [4.69, 9.17) is 4.74 Å². The van der Waals surface area contributed by atoms with Crippen LogP contribution in [0.2, 0.25) is 0 Å². The molecule has 136 valence electrons. The number of fused-ring (bicyclic) bond motifs is 3. The summed E-state index contributed by atoms with van der Waals surface area (Å²) in [6.45, 7) is 5.23. The Morgan fingerprint density at radius 3 is 2.56 bits per heavy atom. The van der Waals surface area contributed by atoms with Crippen molar-refractivity contribution in [3.8, 4) is 11.6 Å². The molecule has 0 spiro atoms. The molecule has 3 aromatic rings. The lowest BCUT2D eigenvalue weighted by Crippen LogP contribution is -2.32. The highest BCUT2D eigenvalue weighted by Crippen LogP contribution is 2.37. The van der Waals surface area contributed by atoms with Gasteiger partial charge in [0.15, 0.2) is 11.6 Å². The van der Waals surface area contributed by atoms with Gasteiger partial charge in [-0.1, -0.05) is 30.3 Å². The van der Waals surface area contributed by atoms with Gasteiger partial charge in [0.1, 0.15) is 11.3 Å². The zero-order valence-corrected chi connectivity index (χ0v) is 15.4. The van der Waals surface area contributed by atoms with Gasteiger partial charge in [0.2, 0.25) is 0 Å². The number of carbonyl (C=O) groups is 1. The van der Waals surface area contributed by atoms with Crippen molar-refractivity contribution in [1.29, 1.82) is 0 Å². The number of benzene rings is 1. The molecular weight excluding hydrogens is 338 g/mol. The highest BCUT2D eigenvalue weighted by molar-refractivity contribution is 6.26. The summed E-state index contributed by atoms with van der Waals surface area (Å²) in [7, 11) is 0. The molecule has 1 aliphatic rings. The first-order chi connectivity index (χ1) is 13.2. The zero-order chi connectivity index (χ0) is 18.8. The smallest absolute Gasteiger partial charge is 0.259 e. The van der Waals surface area contributed by atoms with E-state index >= 15 is 0 Å². The number of hydrogen-bond donors (Lipinski definition) is 0. The van der Waals surface area contributed by atoms with Gasteiger partial charge in [-0.3, -0.25) is 9.36 Å². The van der Waals surface area contributed by atoms with Gasteiger partial charge >= 0.3 is 0 Å². The number of likely N-dealkylation sites (N-methyl/N-ethyl adjacent to an activating group) is 1. The molecule has 5 heteroatoms. The molecule has 4 rings (SSSR count). The van der Waals surface area contributed by atoms with Gasteiger partial charge in [-0.15, -0.1) is 0 Å². The average molecular weight is 359 g/mol. The summed E-state index contributed by atoms with van der Waals surface area (Å²) in [5.41, 5.74) is 2.19. The number of pyridine rings is 1. The second-order valence-electron chi connectivity index (χ2n) is 6.24. The summed E-state index contributed by atoms with van der Waals surface area (Å²) in [5, 5.41) is 0. The second-order valence-corrected chi connectivity index (χ2v) is 6.24. The third-order valence-corrected chi connectivity index (χ3v) is 4.72. The van der Waals surface area contributed by atoms with E-state index in [0.717, 1.165) is 11.3 Å². The normalized spacial score (nSPS) is 12.7. The summed E-state index contributed by atoms with van der Waals surface area (Å²) < 4.78 is 8.22. The van der Waals surface area contributed by atoms with Crippen molar-refractivity contribution in [3.63, 3.8) is 0 Å². The maximum atomic E-state index is 13.5. The Kier molecular flexibility index (Phi) is 4.50. The van der Waals surface area contributed by atoms with Crippen molar-refractivity contribution in [2.24, 2.45) is 0 Å². The van der Waals surface area contributed by atoms with Crippen LogP contribution in [-0.2, 0) is 4.79 Å². The van der Waals surface area contributed by atoms with Crippen LogP contribution in [0, 0.1) is 0 Å². The van der Waals surface area contributed by atoms with Crippen LogP contribution < -0.4 is 4.74 Å². The van der Waals surface area contributed by atoms with Gasteiger partial charge in [0, 0.05) is 31.0 Å². The third-order valence-electron chi connectivity index (χ3n) is 4.72. The second kappa shape index (κ2) is 7.11. The maximum Gasteiger partial charge on any atom is 0.259 e. The summed E-state index contributed by atoms with van der Waals surface area (Å²) >= 11 is 0. The monoisotopic (exact) mass is 359 g/mol. The molecule has 0 fully saturated rings. The third kappa shape index (κ3) is 2.91. The number of aromatic nitrogens is 2. The van der Waals surface area contributed by atoms with E-state index in [0.29, 0.717) is 36.0 Å². The summed E-state index contributed by atoms with van der Waals surface area (Å²) in [5.74, 6) is 1.80. The van der Waals surface area contributed by atoms with Crippen LogP contribution in [0.4, 0.5) is 0 Å².